The number of halogens is 4. The summed E-state index contributed by atoms with van der Waals surface area (Å²) in [4.78, 5) is 48.0. The SMILES string of the molecule is CCC(C)[C@@H](CNCCN1CCOCC1)CC(=O)[C@@]1(NC(=O)[C@@H](CC(=O)Cc2ccccc2F)C(C)CC)CCc2[nH]c3c(C(F)(F)F)cccc3c2C1. The average Bonchev–Trinajstić information content (AvgIpc) is 3.52. The molecular weight excluding hydrogens is 700 g/mol. The minimum Gasteiger partial charge on any atom is -0.379 e. The largest absolute Gasteiger partial charge is 0.418 e. The highest BCUT2D eigenvalue weighted by molar-refractivity contribution is 5.97. The van der Waals surface area contributed by atoms with E-state index in [2.05, 4.69) is 34.4 Å². The Morgan fingerprint density at radius 2 is 1.70 bits per heavy atom. The van der Waals surface area contributed by atoms with Crippen molar-refractivity contribution in [3.05, 3.63) is 70.7 Å². The van der Waals surface area contributed by atoms with Gasteiger partial charge in [0.05, 0.1) is 24.3 Å². The van der Waals surface area contributed by atoms with Crippen LogP contribution in [-0.4, -0.2) is 78.8 Å². The van der Waals surface area contributed by atoms with Crippen LogP contribution >= 0.6 is 0 Å². The van der Waals surface area contributed by atoms with Gasteiger partial charge in [-0.05, 0) is 60.4 Å². The van der Waals surface area contributed by atoms with E-state index in [9.17, 15) is 31.9 Å². The zero-order chi connectivity index (χ0) is 39.0. The molecule has 2 aromatic carbocycles. The number of aryl methyl sites for hydroxylation is 1. The van der Waals surface area contributed by atoms with Gasteiger partial charge in [0, 0.05) is 68.9 Å². The number of nitrogens with one attached hydrogen (secondary N) is 3. The average molecular weight is 757 g/mol. The Hall–Kier alpha value is -3.61. The molecule has 5 atom stereocenters. The van der Waals surface area contributed by atoms with E-state index in [0.29, 0.717) is 42.8 Å². The number of Topliss-reactive ketones (excluding diaryl/α,β-unsaturated/α-hetero) is 2. The van der Waals surface area contributed by atoms with Gasteiger partial charge in [-0.2, -0.15) is 13.2 Å². The van der Waals surface area contributed by atoms with E-state index in [1.807, 2.05) is 13.8 Å². The van der Waals surface area contributed by atoms with Gasteiger partial charge in [-0.1, -0.05) is 70.9 Å². The molecule has 1 fully saturated rings. The molecule has 2 unspecified atom stereocenters. The van der Waals surface area contributed by atoms with E-state index in [-0.39, 0.29) is 78.9 Å². The zero-order valence-corrected chi connectivity index (χ0v) is 32.0. The molecule has 1 aromatic heterocycles. The maximum atomic E-state index is 14.9. The smallest absolute Gasteiger partial charge is 0.379 e. The van der Waals surface area contributed by atoms with Crippen molar-refractivity contribution in [1.82, 2.24) is 20.5 Å². The van der Waals surface area contributed by atoms with Gasteiger partial charge >= 0.3 is 6.18 Å². The highest BCUT2D eigenvalue weighted by Crippen LogP contribution is 2.41. The molecule has 0 spiro atoms. The van der Waals surface area contributed by atoms with Crippen LogP contribution in [0.25, 0.3) is 10.9 Å². The minimum atomic E-state index is -4.58. The number of aromatic amines is 1. The summed E-state index contributed by atoms with van der Waals surface area (Å²) in [5, 5.41) is 7.09. The second-order valence-corrected chi connectivity index (χ2v) is 15.5. The first-order valence-electron chi connectivity index (χ1n) is 19.6. The number of alkyl halides is 3. The maximum absolute atomic E-state index is 14.9. The van der Waals surface area contributed by atoms with Crippen LogP contribution in [-0.2, 0) is 44.6 Å². The van der Waals surface area contributed by atoms with Gasteiger partial charge in [-0.15, -0.1) is 0 Å². The summed E-state index contributed by atoms with van der Waals surface area (Å²) < 4.78 is 62.2. The fraction of sp³-hybridized carbons (Fsp3) is 0.595. The number of amides is 1. The quantitative estimate of drug-likeness (QED) is 0.0948. The van der Waals surface area contributed by atoms with E-state index in [1.54, 1.807) is 24.3 Å². The summed E-state index contributed by atoms with van der Waals surface area (Å²) in [6, 6.07) is 10.1. The number of benzene rings is 2. The molecule has 5 rings (SSSR count). The first kappa shape index (κ1) is 41.6. The van der Waals surface area contributed by atoms with Crippen LogP contribution in [0.3, 0.4) is 0 Å². The van der Waals surface area contributed by atoms with Crippen molar-refractivity contribution in [2.45, 2.75) is 90.8 Å². The number of carbonyl (C=O) groups excluding carboxylic acids is 3. The van der Waals surface area contributed by atoms with Gasteiger partial charge in [0.2, 0.25) is 5.91 Å². The van der Waals surface area contributed by atoms with Crippen molar-refractivity contribution in [3.63, 3.8) is 0 Å². The second-order valence-electron chi connectivity index (χ2n) is 15.5. The Morgan fingerprint density at radius 1 is 0.981 bits per heavy atom. The molecule has 12 heteroatoms. The zero-order valence-electron chi connectivity index (χ0n) is 32.0. The standard InChI is InChI=1S/C42H56F4N4O4/c1-5-27(3)30(26-47-16-17-50-18-20-54-21-19-50)23-38(52)41(15-14-37-34(25-41)32-11-9-12-35(39(32)48-37)42(44,45)46)49-40(53)33(28(4)6-2)24-31(51)22-29-10-7-8-13-36(29)43/h7-13,27-28,30,33,47-48H,5-6,14-26H2,1-4H3,(H,49,53)/t27?,28?,30-,33+,41-/m1/s1. The normalized spacial score (nSPS) is 20.2. The first-order chi connectivity index (χ1) is 25.8. The van der Waals surface area contributed by atoms with Crippen molar-refractivity contribution < 1.29 is 36.7 Å². The van der Waals surface area contributed by atoms with Crippen LogP contribution in [0.5, 0.6) is 0 Å². The molecule has 2 heterocycles. The lowest BCUT2D eigenvalue weighted by atomic mass is 9.72. The number of nitrogens with zero attached hydrogens (tertiary/aromatic N) is 1. The van der Waals surface area contributed by atoms with E-state index < -0.39 is 34.9 Å². The highest BCUT2D eigenvalue weighted by Gasteiger charge is 2.46. The molecule has 1 saturated heterocycles. The van der Waals surface area contributed by atoms with Crippen LogP contribution in [0, 0.1) is 29.5 Å². The first-order valence-corrected chi connectivity index (χ1v) is 19.6. The van der Waals surface area contributed by atoms with Gasteiger partial charge in [0.25, 0.3) is 0 Å². The molecule has 3 N–H and O–H groups in total. The Morgan fingerprint density at radius 3 is 2.39 bits per heavy atom. The number of rotatable bonds is 18. The number of para-hydroxylation sites is 1. The van der Waals surface area contributed by atoms with Crippen LogP contribution in [0.1, 0.15) is 82.2 Å². The second kappa shape index (κ2) is 18.3. The van der Waals surface area contributed by atoms with Gasteiger partial charge in [-0.25, -0.2) is 4.39 Å². The number of hydrogen-bond donors (Lipinski definition) is 3. The fourth-order valence-corrected chi connectivity index (χ4v) is 8.05. The number of morpholine rings is 1. The number of ether oxygens (including phenoxy) is 1. The van der Waals surface area contributed by atoms with Crippen molar-refractivity contribution in [2.24, 2.45) is 23.7 Å². The maximum Gasteiger partial charge on any atom is 0.418 e. The predicted octanol–water partition coefficient (Wildman–Crippen LogP) is 7.08. The monoisotopic (exact) mass is 756 g/mol. The van der Waals surface area contributed by atoms with Gasteiger partial charge in [-0.3, -0.25) is 19.3 Å². The third kappa shape index (κ3) is 9.97. The summed E-state index contributed by atoms with van der Waals surface area (Å²) in [5.41, 5.74) is -0.725. The molecule has 54 heavy (non-hydrogen) atoms. The summed E-state index contributed by atoms with van der Waals surface area (Å²) >= 11 is 0. The van der Waals surface area contributed by atoms with Crippen molar-refractivity contribution in [2.75, 3.05) is 45.9 Å². The third-order valence-corrected chi connectivity index (χ3v) is 12.0. The van der Waals surface area contributed by atoms with Crippen molar-refractivity contribution >= 4 is 28.4 Å². The van der Waals surface area contributed by atoms with Gasteiger partial charge in [0.1, 0.15) is 17.1 Å². The summed E-state index contributed by atoms with van der Waals surface area (Å²) in [6.45, 7) is 13.4. The fourth-order valence-electron chi connectivity index (χ4n) is 8.05. The molecule has 1 aliphatic heterocycles. The molecule has 1 aliphatic carbocycles. The van der Waals surface area contributed by atoms with E-state index in [1.165, 1.54) is 12.1 Å². The Kier molecular flexibility index (Phi) is 14.1. The summed E-state index contributed by atoms with van der Waals surface area (Å²) in [6.07, 6.45) is -2.77. The molecule has 296 valence electrons. The van der Waals surface area contributed by atoms with E-state index >= 15 is 0 Å². The molecule has 0 saturated carbocycles. The lowest BCUT2D eigenvalue weighted by Gasteiger charge is -2.40. The number of fused-ring (bicyclic) bond motifs is 3. The van der Waals surface area contributed by atoms with Crippen LogP contribution < -0.4 is 10.6 Å². The van der Waals surface area contributed by atoms with E-state index in [0.717, 1.165) is 38.7 Å². The number of aromatic nitrogens is 1. The Labute approximate surface area is 316 Å². The number of ketones is 2. The van der Waals surface area contributed by atoms with Crippen LogP contribution in [0.15, 0.2) is 42.5 Å². The highest BCUT2D eigenvalue weighted by atomic mass is 19.4. The number of hydrogen-bond acceptors (Lipinski definition) is 6. The predicted molar refractivity (Wildman–Crippen MR) is 202 cm³/mol. The van der Waals surface area contributed by atoms with Gasteiger partial charge < -0.3 is 20.4 Å². The molecular formula is C42H56F4N4O4. The topological polar surface area (TPSA) is 104 Å². The summed E-state index contributed by atoms with van der Waals surface area (Å²) in [5.74, 6) is -2.26. The molecule has 3 aromatic rings. The number of carbonyl (C=O) groups is 3. The Bertz CT molecular complexity index is 1750. The van der Waals surface area contributed by atoms with Crippen LogP contribution in [0.2, 0.25) is 0 Å². The van der Waals surface area contributed by atoms with Crippen LogP contribution in [0.4, 0.5) is 17.6 Å². The Balaban J connectivity index is 1.43. The van der Waals surface area contributed by atoms with Crippen molar-refractivity contribution in [3.8, 4) is 0 Å². The summed E-state index contributed by atoms with van der Waals surface area (Å²) in [7, 11) is 0. The molecule has 1 amide bonds. The molecule has 0 bridgehead atoms. The lowest BCUT2D eigenvalue weighted by molar-refractivity contribution is -0.137. The van der Waals surface area contributed by atoms with E-state index in [4.69, 9.17) is 4.74 Å². The lowest BCUT2D eigenvalue weighted by Crippen LogP contribution is -2.60. The third-order valence-electron chi connectivity index (χ3n) is 12.0. The molecule has 0 radical (unpaired) electrons. The molecule has 8 nitrogen and oxygen atoms in total. The number of H-pyrrole nitrogens is 1. The minimum absolute atomic E-state index is 0.0252. The van der Waals surface area contributed by atoms with Gasteiger partial charge in [0.15, 0.2) is 5.78 Å². The molecule has 2 aliphatic rings. The van der Waals surface area contributed by atoms with Crippen molar-refractivity contribution in [1.29, 1.82) is 0 Å².